The lowest BCUT2D eigenvalue weighted by molar-refractivity contribution is -0.153. The summed E-state index contributed by atoms with van der Waals surface area (Å²) in [6, 6.07) is 0. The van der Waals surface area contributed by atoms with Gasteiger partial charge in [-0.05, 0) is 27.7 Å². The van der Waals surface area contributed by atoms with Crippen molar-refractivity contribution in [1.82, 2.24) is 5.32 Å². The monoisotopic (exact) mass is 259 g/mol. The smallest absolute Gasteiger partial charge is 0.320 e. The van der Waals surface area contributed by atoms with Crippen LogP contribution in [0.2, 0.25) is 0 Å². The van der Waals surface area contributed by atoms with Crippen molar-refractivity contribution < 1.29 is 23.9 Å². The molecule has 0 aromatic heterocycles. The maximum absolute atomic E-state index is 11.3. The molecular formula is C12H21NO5. The molecule has 0 atom stereocenters. The molecular weight excluding hydrogens is 238 g/mol. The first-order valence-corrected chi connectivity index (χ1v) is 5.84. The van der Waals surface area contributed by atoms with Crippen molar-refractivity contribution in [2.45, 2.75) is 39.7 Å². The van der Waals surface area contributed by atoms with Gasteiger partial charge in [-0.2, -0.15) is 0 Å². The summed E-state index contributed by atoms with van der Waals surface area (Å²) < 4.78 is 9.66. The molecule has 0 aliphatic rings. The highest BCUT2D eigenvalue weighted by atomic mass is 16.6. The van der Waals surface area contributed by atoms with Gasteiger partial charge >= 0.3 is 11.9 Å². The van der Waals surface area contributed by atoms with Crippen LogP contribution in [0.1, 0.15) is 34.1 Å². The number of rotatable bonds is 7. The van der Waals surface area contributed by atoms with E-state index in [-0.39, 0.29) is 31.9 Å². The molecule has 0 amide bonds. The second kappa shape index (κ2) is 7.81. The maximum atomic E-state index is 11.3. The highest BCUT2D eigenvalue weighted by Gasteiger charge is 2.16. The van der Waals surface area contributed by atoms with E-state index >= 15 is 0 Å². The normalized spacial score (nSPS) is 10.9. The second-order valence-electron chi connectivity index (χ2n) is 4.71. The minimum absolute atomic E-state index is 0.0575. The first-order valence-electron chi connectivity index (χ1n) is 5.84. The van der Waals surface area contributed by atoms with Crippen molar-refractivity contribution in [3.05, 3.63) is 0 Å². The number of ketones is 1. The molecule has 0 radical (unpaired) electrons. The van der Waals surface area contributed by atoms with Crippen LogP contribution >= 0.6 is 0 Å². The first-order chi connectivity index (χ1) is 8.24. The fourth-order valence-electron chi connectivity index (χ4n) is 1.12. The average molecular weight is 259 g/mol. The predicted molar refractivity (Wildman–Crippen MR) is 65.0 cm³/mol. The molecule has 0 saturated carbocycles. The van der Waals surface area contributed by atoms with E-state index in [1.165, 1.54) is 0 Å². The quantitative estimate of drug-likeness (QED) is 0.528. The maximum Gasteiger partial charge on any atom is 0.320 e. The van der Waals surface area contributed by atoms with Gasteiger partial charge in [0.1, 0.15) is 12.0 Å². The largest absolute Gasteiger partial charge is 0.466 e. The van der Waals surface area contributed by atoms with E-state index in [4.69, 9.17) is 4.74 Å². The molecule has 0 saturated heterocycles. The Balaban J connectivity index is 3.75. The number of nitrogens with one attached hydrogen (secondary N) is 1. The molecule has 6 heteroatoms. The topological polar surface area (TPSA) is 81.7 Å². The molecule has 0 aliphatic carbocycles. The molecule has 1 N–H and O–H groups in total. The zero-order valence-electron chi connectivity index (χ0n) is 11.4. The molecule has 0 rings (SSSR count). The van der Waals surface area contributed by atoms with Crippen molar-refractivity contribution in [2.75, 3.05) is 19.7 Å². The van der Waals surface area contributed by atoms with Gasteiger partial charge in [0.25, 0.3) is 0 Å². The molecule has 6 nitrogen and oxygen atoms in total. The lowest BCUT2D eigenvalue weighted by Crippen LogP contribution is -2.34. The molecule has 0 aliphatic heterocycles. The summed E-state index contributed by atoms with van der Waals surface area (Å²) in [5, 5.41) is 2.62. The Morgan fingerprint density at radius 2 is 1.67 bits per heavy atom. The summed E-state index contributed by atoms with van der Waals surface area (Å²) >= 11 is 0. The molecule has 0 heterocycles. The number of carbonyl (C=O) groups excluding carboxylic acids is 3. The van der Waals surface area contributed by atoms with Crippen molar-refractivity contribution in [2.24, 2.45) is 0 Å². The van der Waals surface area contributed by atoms with Gasteiger partial charge in [-0.15, -0.1) is 0 Å². The summed E-state index contributed by atoms with van der Waals surface area (Å²) in [6.45, 7) is 7.08. The summed E-state index contributed by atoms with van der Waals surface area (Å²) in [6.07, 6.45) is -0.283. The number of hydrogen-bond donors (Lipinski definition) is 1. The Bertz CT molecular complexity index is 306. The van der Waals surface area contributed by atoms with Crippen LogP contribution in [0, 0.1) is 0 Å². The van der Waals surface area contributed by atoms with Crippen LogP contribution in [0.25, 0.3) is 0 Å². The van der Waals surface area contributed by atoms with E-state index < -0.39 is 17.5 Å². The molecule has 0 spiro atoms. The van der Waals surface area contributed by atoms with Crippen molar-refractivity contribution in [3.63, 3.8) is 0 Å². The van der Waals surface area contributed by atoms with Crippen molar-refractivity contribution in [3.8, 4) is 0 Å². The molecule has 0 aromatic rings. The highest BCUT2D eigenvalue weighted by molar-refractivity contribution is 5.96. The Hall–Kier alpha value is -1.43. The second-order valence-corrected chi connectivity index (χ2v) is 4.71. The van der Waals surface area contributed by atoms with Crippen LogP contribution in [0.5, 0.6) is 0 Å². The van der Waals surface area contributed by atoms with Crippen LogP contribution in [0.4, 0.5) is 0 Å². The van der Waals surface area contributed by atoms with Gasteiger partial charge in [-0.3, -0.25) is 14.4 Å². The molecule has 0 unspecified atom stereocenters. The summed E-state index contributed by atoms with van der Waals surface area (Å²) in [4.78, 5) is 33.5. The van der Waals surface area contributed by atoms with Crippen LogP contribution < -0.4 is 5.32 Å². The van der Waals surface area contributed by atoms with E-state index in [0.29, 0.717) is 0 Å². The number of esters is 2. The fraction of sp³-hybridized carbons (Fsp3) is 0.750. The van der Waals surface area contributed by atoms with Gasteiger partial charge in [-0.1, -0.05) is 0 Å². The lowest BCUT2D eigenvalue weighted by Gasteiger charge is -2.19. The summed E-state index contributed by atoms with van der Waals surface area (Å²) in [5.41, 5.74) is -0.548. The van der Waals surface area contributed by atoms with Crippen LogP contribution in [0.15, 0.2) is 0 Å². The first kappa shape index (κ1) is 16.6. The van der Waals surface area contributed by atoms with Crippen molar-refractivity contribution >= 4 is 17.7 Å². The Labute approximate surface area is 107 Å². The molecule has 0 bridgehead atoms. The van der Waals surface area contributed by atoms with Gasteiger partial charge < -0.3 is 14.8 Å². The number of hydrogen-bond acceptors (Lipinski definition) is 6. The van der Waals surface area contributed by atoms with E-state index in [0.717, 1.165) is 0 Å². The standard InChI is InChI=1S/C12H21NO5/c1-5-17-10(15)6-9(14)7-13-8-11(16)18-12(2,3)4/h13H,5-8H2,1-4H3. The SMILES string of the molecule is CCOC(=O)CC(=O)CNCC(=O)OC(C)(C)C. The minimum atomic E-state index is -0.554. The van der Waals surface area contributed by atoms with Gasteiger partial charge in [0.15, 0.2) is 5.78 Å². The van der Waals surface area contributed by atoms with Crippen LogP contribution in [-0.2, 0) is 23.9 Å². The zero-order chi connectivity index (χ0) is 14.2. The third kappa shape index (κ3) is 9.77. The third-order valence-electron chi connectivity index (χ3n) is 1.66. The molecule has 0 aromatic carbocycles. The Morgan fingerprint density at radius 3 is 2.17 bits per heavy atom. The van der Waals surface area contributed by atoms with Crippen molar-refractivity contribution in [1.29, 1.82) is 0 Å². The van der Waals surface area contributed by atoms with E-state index in [1.54, 1.807) is 27.7 Å². The average Bonchev–Trinajstić information content (AvgIpc) is 2.14. The third-order valence-corrected chi connectivity index (χ3v) is 1.66. The van der Waals surface area contributed by atoms with E-state index in [1.807, 2.05) is 0 Å². The Kier molecular flexibility index (Phi) is 7.19. The summed E-state index contributed by atoms with van der Waals surface area (Å²) in [7, 11) is 0. The fourth-order valence-corrected chi connectivity index (χ4v) is 1.12. The van der Waals surface area contributed by atoms with Gasteiger partial charge in [0.05, 0.1) is 19.7 Å². The highest BCUT2D eigenvalue weighted by Crippen LogP contribution is 2.06. The van der Waals surface area contributed by atoms with E-state index in [2.05, 4.69) is 10.1 Å². The van der Waals surface area contributed by atoms with Gasteiger partial charge in [-0.25, -0.2) is 0 Å². The van der Waals surface area contributed by atoms with Crippen LogP contribution in [-0.4, -0.2) is 43.0 Å². The van der Waals surface area contributed by atoms with E-state index in [9.17, 15) is 14.4 Å². The van der Waals surface area contributed by atoms with Crippen LogP contribution in [0.3, 0.4) is 0 Å². The number of carbonyl (C=O) groups is 3. The number of Topliss-reactive ketones (excluding diaryl/α,β-unsaturated/α-hetero) is 1. The lowest BCUT2D eigenvalue weighted by atomic mass is 10.2. The molecule has 104 valence electrons. The zero-order valence-corrected chi connectivity index (χ0v) is 11.4. The Morgan fingerprint density at radius 1 is 1.06 bits per heavy atom. The van der Waals surface area contributed by atoms with Gasteiger partial charge in [0, 0.05) is 0 Å². The van der Waals surface area contributed by atoms with Gasteiger partial charge in [0.2, 0.25) is 0 Å². The number of ether oxygens (including phenoxy) is 2. The summed E-state index contributed by atoms with van der Waals surface area (Å²) in [5.74, 6) is -1.31. The molecule has 18 heavy (non-hydrogen) atoms. The predicted octanol–water partition coefficient (Wildman–Crippen LogP) is 0.440. The minimum Gasteiger partial charge on any atom is -0.466 e. The molecule has 0 fully saturated rings.